The van der Waals surface area contributed by atoms with Crippen LogP contribution in [0, 0.1) is 13.8 Å². The van der Waals surface area contributed by atoms with E-state index in [1.165, 1.54) is 40.8 Å². The van der Waals surface area contributed by atoms with Gasteiger partial charge < -0.3 is 5.32 Å². The summed E-state index contributed by atoms with van der Waals surface area (Å²) < 4.78 is 0. The summed E-state index contributed by atoms with van der Waals surface area (Å²) in [7, 11) is 0. The van der Waals surface area contributed by atoms with Gasteiger partial charge in [0.2, 0.25) is 0 Å². The summed E-state index contributed by atoms with van der Waals surface area (Å²) in [4.78, 5) is 0. The topological polar surface area (TPSA) is 40.7 Å². The van der Waals surface area contributed by atoms with Gasteiger partial charge in [0.25, 0.3) is 0 Å². The smallest absolute Gasteiger partial charge is 0.0600 e. The highest BCUT2D eigenvalue weighted by Gasteiger charge is 2.22. The fourth-order valence-corrected chi connectivity index (χ4v) is 2.73. The lowest BCUT2D eigenvalue weighted by molar-refractivity contribution is 0.626. The predicted octanol–water partition coefficient (Wildman–Crippen LogP) is 3.12. The third-order valence-electron chi connectivity index (χ3n) is 3.76. The highest BCUT2D eigenvalue weighted by atomic mass is 15.1. The Balaban J connectivity index is 2.06. The molecule has 2 N–H and O–H groups in total. The van der Waals surface area contributed by atoms with Gasteiger partial charge in [-0.3, -0.25) is 5.10 Å². The average Bonchev–Trinajstić information content (AvgIpc) is 3.00. The summed E-state index contributed by atoms with van der Waals surface area (Å²) in [5.41, 5.74) is 6.38. The number of aromatic amines is 1. The third kappa shape index (κ3) is 1.95. The van der Waals surface area contributed by atoms with Crippen LogP contribution in [0.4, 0.5) is 0 Å². The van der Waals surface area contributed by atoms with Crippen molar-refractivity contribution in [3.8, 4) is 11.1 Å². The molecule has 1 fully saturated rings. The Bertz CT molecular complexity index is 551. The van der Waals surface area contributed by atoms with Crippen LogP contribution in [0.1, 0.15) is 35.7 Å². The van der Waals surface area contributed by atoms with Crippen LogP contribution in [0.3, 0.4) is 0 Å². The monoisotopic (exact) mass is 241 g/mol. The summed E-state index contributed by atoms with van der Waals surface area (Å²) in [5.74, 6) is 0. The van der Waals surface area contributed by atoms with Crippen molar-refractivity contribution in [3.63, 3.8) is 0 Å². The number of rotatable bonds is 2. The van der Waals surface area contributed by atoms with Gasteiger partial charge in [-0.15, -0.1) is 0 Å². The molecule has 1 aliphatic rings. The molecule has 94 valence electrons. The van der Waals surface area contributed by atoms with Gasteiger partial charge >= 0.3 is 0 Å². The SMILES string of the molecule is Cc1ccc(C)c(-c2cn[nH]c2C2CCCN2)c1. The van der Waals surface area contributed by atoms with Gasteiger partial charge in [0.05, 0.1) is 11.9 Å². The first-order chi connectivity index (χ1) is 8.75. The predicted molar refractivity (Wildman–Crippen MR) is 73.5 cm³/mol. The number of hydrogen-bond acceptors (Lipinski definition) is 2. The molecule has 1 saturated heterocycles. The molecule has 0 amide bonds. The van der Waals surface area contributed by atoms with Crippen molar-refractivity contribution in [2.24, 2.45) is 0 Å². The minimum atomic E-state index is 0.433. The maximum absolute atomic E-state index is 4.25. The molecule has 1 aliphatic heterocycles. The number of nitrogens with zero attached hydrogens (tertiary/aromatic N) is 1. The Morgan fingerprint density at radius 3 is 2.89 bits per heavy atom. The second-order valence-electron chi connectivity index (χ2n) is 5.16. The fourth-order valence-electron chi connectivity index (χ4n) is 2.73. The lowest BCUT2D eigenvalue weighted by Crippen LogP contribution is -2.14. The van der Waals surface area contributed by atoms with Gasteiger partial charge in [-0.2, -0.15) is 5.10 Å². The minimum Gasteiger partial charge on any atom is -0.309 e. The molecule has 0 spiro atoms. The standard InChI is InChI=1S/C15H19N3/c1-10-5-6-11(2)12(8-10)13-9-17-18-15(13)14-4-3-7-16-14/h5-6,8-9,14,16H,3-4,7H2,1-2H3,(H,17,18). The first-order valence-electron chi connectivity index (χ1n) is 6.60. The van der Waals surface area contributed by atoms with Crippen LogP contribution in [-0.2, 0) is 0 Å². The van der Waals surface area contributed by atoms with Crippen molar-refractivity contribution in [2.45, 2.75) is 32.7 Å². The molecule has 1 aromatic carbocycles. The molecule has 3 rings (SSSR count). The van der Waals surface area contributed by atoms with E-state index in [9.17, 15) is 0 Å². The summed E-state index contributed by atoms with van der Waals surface area (Å²) in [6.45, 7) is 5.40. The molecule has 3 heteroatoms. The molecule has 0 radical (unpaired) electrons. The van der Waals surface area contributed by atoms with Gasteiger partial charge in [0.1, 0.15) is 0 Å². The highest BCUT2D eigenvalue weighted by Crippen LogP contribution is 2.32. The van der Waals surface area contributed by atoms with Crippen LogP contribution in [0.15, 0.2) is 24.4 Å². The highest BCUT2D eigenvalue weighted by molar-refractivity contribution is 5.70. The molecule has 0 saturated carbocycles. The molecular formula is C15H19N3. The van der Waals surface area contributed by atoms with Crippen molar-refractivity contribution in [1.29, 1.82) is 0 Å². The third-order valence-corrected chi connectivity index (χ3v) is 3.76. The Morgan fingerprint density at radius 1 is 1.22 bits per heavy atom. The number of aromatic nitrogens is 2. The van der Waals surface area contributed by atoms with E-state index in [0.717, 1.165) is 6.54 Å². The molecule has 2 aromatic rings. The lowest BCUT2D eigenvalue weighted by Gasteiger charge is -2.12. The fraction of sp³-hybridized carbons (Fsp3) is 0.400. The number of benzene rings is 1. The molecule has 0 aliphatic carbocycles. The van der Waals surface area contributed by atoms with Crippen molar-refractivity contribution < 1.29 is 0 Å². The lowest BCUT2D eigenvalue weighted by atomic mass is 9.96. The molecule has 1 aromatic heterocycles. The summed E-state index contributed by atoms with van der Waals surface area (Å²) in [6.07, 6.45) is 4.40. The van der Waals surface area contributed by atoms with Gasteiger partial charge in [0, 0.05) is 11.6 Å². The van der Waals surface area contributed by atoms with Crippen molar-refractivity contribution >= 4 is 0 Å². The van der Waals surface area contributed by atoms with Crippen LogP contribution in [0.2, 0.25) is 0 Å². The maximum atomic E-state index is 4.25. The van der Waals surface area contributed by atoms with E-state index >= 15 is 0 Å². The Labute approximate surface area is 108 Å². The Morgan fingerprint density at radius 2 is 2.11 bits per heavy atom. The van der Waals surface area contributed by atoms with Gasteiger partial charge in [-0.05, 0) is 44.4 Å². The summed E-state index contributed by atoms with van der Waals surface area (Å²) in [6, 6.07) is 7.02. The van der Waals surface area contributed by atoms with E-state index in [0.29, 0.717) is 6.04 Å². The molecule has 1 atom stereocenters. The van der Waals surface area contributed by atoms with Crippen LogP contribution in [-0.4, -0.2) is 16.7 Å². The quantitative estimate of drug-likeness (QED) is 0.848. The zero-order valence-electron chi connectivity index (χ0n) is 11.0. The average molecular weight is 241 g/mol. The first-order valence-corrected chi connectivity index (χ1v) is 6.60. The first kappa shape index (κ1) is 11.5. The molecule has 0 bridgehead atoms. The van der Waals surface area contributed by atoms with Crippen molar-refractivity contribution in [2.75, 3.05) is 6.54 Å². The van der Waals surface area contributed by atoms with E-state index in [4.69, 9.17) is 0 Å². The number of hydrogen-bond donors (Lipinski definition) is 2. The van der Waals surface area contributed by atoms with Crippen LogP contribution in [0.25, 0.3) is 11.1 Å². The summed E-state index contributed by atoms with van der Waals surface area (Å²) in [5, 5.41) is 11.0. The second-order valence-corrected chi connectivity index (χ2v) is 5.16. The van der Waals surface area contributed by atoms with E-state index in [1.807, 2.05) is 6.20 Å². The van der Waals surface area contributed by atoms with Crippen LogP contribution >= 0.6 is 0 Å². The Hall–Kier alpha value is -1.61. The van der Waals surface area contributed by atoms with Crippen molar-refractivity contribution in [1.82, 2.24) is 15.5 Å². The van der Waals surface area contributed by atoms with E-state index < -0.39 is 0 Å². The minimum absolute atomic E-state index is 0.433. The largest absolute Gasteiger partial charge is 0.309 e. The number of nitrogens with one attached hydrogen (secondary N) is 2. The molecular weight excluding hydrogens is 222 g/mol. The van der Waals surface area contributed by atoms with Gasteiger partial charge in [-0.25, -0.2) is 0 Å². The normalized spacial score (nSPS) is 19.3. The van der Waals surface area contributed by atoms with Crippen LogP contribution in [0.5, 0.6) is 0 Å². The van der Waals surface area contributed by atoms with E-state index in [1.54, 1.807) is 0 Å². The maximum Gasteiger partial charge on any atom is 0.0600 e. The van der Waals surface area contributed by atoms with E-state index in [2.05, 4.69) is 47.6 Å². The molecule has 2 heterocycles. The van der Waals surface area contributed by atoms with Crippen molar-refractivity contribution in [3.05, 3.63) is 41.2 Å². The molecule has 1 unspecified atom stereocenters. The molecule has 3 nitrogen and oxygen atoms in total. The van der Waals surface area contributed by atoms with Gasteiger partial charge in [-0.1, -0.05) is 23.8 Å². The second kappa shape index (κ2) is 4.58. The number of aryl methyl sites for hydroxylation is 2. The van der Waals surface area contributed by atoms with Crippen LogP contribution < -0.4 is 5.32 Å². The van der Waals surface area contributed by atoms with E-state index in [-0.39, 0.29) is 0 Å². The molecule has 18 heavy (non-hydrogen) atoms. The Kier molecular flexibility index (Phi) is 2.92. The number of H-pyrrole nitrogens is 1. The summed E-state index contributed by atoms with van der Waals surface area (Å²) >= 11 is 0. The zero-order valence-corrected chi connectivity index (χ0v) is 11.0. The van der Waals surface area contributed by atoms with Gasteiger partial charge in [0.15, 0.2) is 0 Å². The zero-order chi connectivity index (χ0) is 12.5.